The number of likely N-dealkylation sites (tertiary alicyclic amines) is 1. The maximum absolute atomic E-state index is 13.8. The highest BCUT2D eigenvalue weighted by atomic mass is 32.1. The Kier molecular flexibility index (Phi) is 18.0. The van der Waals surface area contributed by atoms with Crippen LogP contribution in [0, 0.1) is 12.3 Å². The zero-order valence-electron chi connectivity index (χ0n) is 31.7. The van der Waals surface area contributed by atoms with Crippen molar-refractivity contribution in [2.75, 3.05) is 79.1 Å². The fraction of sp³-hybridized carbons (Fsp3) is 0.684. The number of ether oxygens (including phenoxy) is 5. The van der Waals surface area contributed by atoms with Crippen LogP contribution in [-0.2, 0) is 44.6 Å². The molecule has 0 aliphatic carbocycles. The Balaban J connectivity index is 1.08. The molecule has 296 valence electrons. The Morgan fingerprint density at radius 1 is 0.943 bits per heavy atom. The van der Waals surface area contributed by atoms with Crippen LogP contribution in [0.5, 0.6) is 0 Å². The molecule has 3 atom stereocenters. The number of nitrogens with one attached hydrogen (secondary N) is 3. The van der Waals surface area contributed by atoms with Gasteiger partial charge in [-0.1, -0.05) is 45.0 Å². The summed E-state index contributed by atoms with van der Waals surface area (Å²) in [7, 11) is 0. The Bertz CT molecular complexity index is 1400. The van der Waals surface area contributed by atoms with Gasteiger partial charge in [0, 0.05) is 25.9 Å². The van der Waals surface area contributed by atoms with Crippen LogP contribution in [0.4, 0.5) is 0 Å². The molecule has 4 N–H and O–H groups in total. The van der Waals surface area contributed by atoms with Crippen molar-refractivity contribution in [2.45, 2.75) is 84.2 Å². The minimum atomic E-state index is -0.903. The number of carbonyl (C=O) groups is 3. The smallest absolute Gasteiger partial charge is 0.246 e. The fourth-order valence-electron chi connectivity index (χ4n) is 6.18. The lowest BCUT2D eigenvalue weighted by molar-refractivity contribution is -0.144. The Labute approximate surface area is 317 Å². The van der Waals surface area contributed by atoms with Gasteiger partial charge in [0.2, 0.25) is 17.7 Å². The SMILES string of the molecule is Cc1ncsc1-c1ccc(CNC(=O)[C@@H]2C[C@@H](O)CN2C(=O)[C@@H](NC(=O)CCOCCOCCOCCOCCOC2CCNCC2)C(C)(C)C)cc1. The van der Waals surface area contributed by atoms with E-state index in [2.05, 4.69) is 20.9 Å². The number of hydrogen-bond acceptors (Lipinski definition) is 12. The molecule has 2 aliphatic rings. The van der Waals surface area contributed by atoms with Gasteiger partial charge in [0.25, 0.3) is 0 Å². The quantitative estimate of drug-likeness (QED) is 0.130. The average Bonchev–Trinajstić information content (AvgIpc) is 3.76. The molecule has 2 saturated heterocycles. The van der Waals surface area contributed by atoms with Gasteiger partial charge in [0.15, 0.2) is 0 Å². The summed E-state index contributed by atoms with van der Waals surface area (Å²) in [4.78, 5) is 46.9. The van der Waals surface area contributed by atoms with Crippen LogP contribution in [0.25, 0.3) is 10.4 Å². The number of piperidine rings is 1. The van der Waals surface area contributed by atoms with Crippen molar-refractivity contribution >= 4 is 29.1 Å². The zero-order chi connectivity index (χ0) is 38.1. The number of rotatable bonds is 22. The van der Waals surface area contributed by atoms with E-state index in [1.165, 1.54) is 4.90 Å². The van der Waals surface area contributed by atoms with Gasteiger partial charge in [-0.3, -0.25) is 14.4 Å². The first kappa shape index (κ1) is 42.7. The first-order valence-corrected chi connectivity index (χ1v) is 19.6. The molecule has 0 radical (unpaired) electrons. The third-order valence-corrected chi connectivity index (χ3v) is 10.1. The summed E-state index contributed by atoms with van der Waals surface area (Å²) in [6.07, 6.45) is 1.76. The van der Waals surface area contributed by atoms with E-state index in [9.17, 15) is 19.5 Å². The van der Waals surface area contributed by atoms with Crippen molar-refractivity contribution < 1.29 is 43.2 Å². The molecule has 0 saturated carbocycles. The summed E-state index contributed by atoms with van der Waals surface area (Å²) < 4.78 is 28.0. The van der Waals surface area contributed by atoms with Crippen molar-refractivity contribution in [3.05, 3.63) is 41.0 Å². The molecule has 2 aliphatic heterocycles. The van der Waals surface area contributed by atoms with E-state index in [1.54, 1.807) is 11.3 Å². The second kappa shape index (κ2) is 22.4. The molecule has 0 unspecified atom stereocenters. The molecule has 3 heterocycles. The molecular formula is C38H59N5O9S. The topological polar surface area (TPSA) is 170 Å². The van der Waals surface area contributed by atoms with Crippen LogP contribution in [0.3, 0.4) is 0 Å². The molecule has 1 aromatic heterocycles. The maximum Gasteiger partial charge on any atom is 0.246 e. The Morgan fingerprint density at radius 3 is 2.13 bits per heavy atom. The van der Waals surface area contributed by atoms with Crippen molar-refractivity contribution in [1.82, 2.24) is 25.8 Å². The Morgan fingerprint density at radius 2 is 1.55 bits per heavy atom. The fourth-order valence-corrected chi connectivity index (χ4v) is 6.99. The molecule has 15 heteroatoms. The molecule has 2 aromatic rings. The number of aromatic nitrogens is 1. The molecular weight excluding hydrogens is 703 g/mol. The highest BCUT2D eigenvalue weighted by Gasteiger charge is 2.44. The summed E-state index contributed by atoms with van der Waals surface area (Å²) in [5, 5.41) is 19.6. The first-order valence-electron chi connectivity index (χ1n) is 18.7. The molecule has 14 nitrogen and oxygen atoms in total. The number of aliphatic hydroxyl groups excluding tert-OH is 1. The van der Waals surface area contributed by atoms with Crippen LogP contribution >= 0.6 is 11.3 Å². The van der Waals surface area contributed by atoms with Gasteiger partial charge in [-0.25, -0.2) is 4.98 Å². The van der Waals surface area contributed by atoms with Crippen LogP contribution in [0.1, 0.15) is 57.7 Å². The molecule has 1 aromatic carbocycles. The third-order valence-electron chi connectivity index (χ3n) is 9.17. The van der Waals surface area contributed by atoms with Gasteiger partial charge >= 0.3 is 0 Å². The van der Waals surface area contributed by atoms with Gasteiger partial charge in [-0.05, 0) is 49.4 Å². The molecule has 53 heavy (non-hydrogen) atoms. The number of thiazole rings is 1. The number of carbonyl (C=O) groups excluding carboxylic acids is 3. The van der Waals surface area contributed by atoms with E-state index in [-0.39, 0.29) is 44.4 Å². The summed E-state index contributed by atoms with van der Waals surface area (Å²) in [6, 6.07) is 6.14. The van der Waals surface area contributed by atoms with Crippen LogP contribution < -0.4 is 16.0 Å². The standard InChI is InChI=1S/C38H59N5O9S/c1-27-34(53-26-41-27)29-7-5-28(6-8-29)24-40-36(46)32-23-30(44)25-43(32)37(47)35(38(2,3)4)42-33(45)11-14-48-15-16-49-17-18-50-19-20-51-21-22-52-31-9-12-39-13-10-31/h5-8,26,30-32,35,39,44H,9-25H2,1-4H3,(H,40,46)(H,42,45)/t30-,32+,35-/m1/s1. The van der Waals surface area contributed by atoms with E-state index < -0.39 is 29.5 Å². The summed E-state index contributed by atoms with van der Waals surface area (Å²) in [5.74, 6) is -1.10. The zero-order valence-corrected chi connectivity index (χ0v) is 32.5. The lowest BCUT2D eigenvalue weighted by Crippen LogP contribution is -2.57. The van der Waals surface area contributed by atoms with Gasteiger partial charge in [-0.15, -0.1) is 11.3 Å². The minimum absolute atomic E-state index is 0.0123. The largest absolute Gasteiger partial charge is 0.391 e. The Hall–Kier alpha value is -3.02. The normalized spacial score (nSPS) is 18.6. The summed E-state index contributed by atoms with van der Waals surface area (Å²) in [5.41, 5.74) is 4.11. The van der Waals surface area contributed by atoms with E-state index >= 15 is 0 Å². The van der Waals surface area contributed by atoms with Crippen LogP contribution in [0.2, 0.25) is 0 Å². The van der Waals surface area contributed by atoms with Crippen molar-refractivity contribution in [3.8, 4) is 10.4 Å². The maximum atomic E-state index is 13.8. The van der Waals surface area contributed by atoms with Crippen molar-refractivity contribution in [3.63, 3.8) is 0 Å². The average molecular weight is 762 g/mol. The number of aliphatic hydroxyl groups is 1. The van der Waals surface area contributed by atoms with Crippen LogP contribution in [-0.4, -0.2) is 136 Å². The predicted molar refractivity (Wildman–Crippen MR) is 201 cm³/mol. The van der Waals surface area contributed by atoms with Crippen molar-refractivity contribution in [2.24, 2.45) is 5.41 Å². The number of β-amino-alcohol motifs (C(OH)–C–C–N with tert-alkyl or cyclic N) is 1. The summed E-state index contributed by atoms with van der Waals surface area (Å²) >= 11 is 1.58. The van der Waals surface area contributed by atoms with E-state index in [0.29, 0.717) is 59.0 Å². The minimum Gasteiger partial charge on any atom is -0.391 e. The lowest BCUT2D eigenvalue weighted by Gasteiger charge is -2.35. The predicted octanol–water partition coefficient (Wildman–Crippen LogP) is 2.45. The highest BCUT2D eigenvalue weighted by Crippen LogP contribution is 2.28. The second-order valence-corrected chi connectivity index (χ2v) is 15.3. The second-order valence-electron chi connectivity index (χ2n) is 14.5. The molecule has 0 spiro atoms. The molecule has 4 rings (SSSR count). The number of benzene rings is 1. The molecule has 0 bridgehead atoms. The van der Waals surface area contributed by atoms with E-state index in [0.717, 1.165) is 47.6 Å². The molecule has 2 fully saturated rings. The highest BCUT2D eigenvalue weighted by molar-refractivity contribution is 7.13. The van der Waals surface area contributed by atoms with E-state index in [1.807, 2.05) is 57.5 Å². The molecule has 3 amide bonds. The van der Waals surface area contributed by atoms with Gasteiger partial charge in [0.1, 0.15) is 12.1 Å². The van der Waals surface area contributed by atoms with Crippen LogP contribution in [0.15, 0.2) is 29.8 Å². The van der Waals surface area contributed by atoms with Gasteiger partial charge < -0.3 is 49.6 Å². The van der Waals surface area contributed by atoms with E-state index in [4.69, 9.17) is 23.7 Å². The lowest BCUT2D eigenvalue weighted by atomic mass is 9.85. The summed E-state index contributed by atoms with van der Waals surface area (Å²) in [6.45, 7) is 13.7. The number of nitrogens with zero attached hydrogens (tertiary/aromatic N) is 2. The first-order chi connectivity index (χ1) is 25.5. The van der Waals surface area contributed by atoms with Gasteiger partial charge in [0.05, 0.1) is 87.8 Å². The number of amides is 3. The monoisotopic (exact) mass is 761 g/mol. The van der Waals surface area contributed by atoms with Gasteiger partial charge in [-0.2, -0.15) is 0 Å². The third kappa shape index (κ3) is 14.6. The number of aryl methyl sites for hydroxylation is 1. The number of hydrogen-bond donors (Lipinski definition) is 4. The van der Waals surface area contributed by atoms with Crippen molar-refractivity contribution in [1.29, 1.82) is 0 Å².